The van der Waals surface area contributed by atoms with Gasteiger partial charge in [0.15, 0.2) is 11.5 Å². The molecule has 5 nitrogen and oxygen atoms in total. The van der Waals surface area contributed by atoms with Crippen molar-refractivity contribution in [3.05, 3.63) is 40.1 Å². The van der Waals surface area contributed by atoms with Crippen molar-refractivity contribution in [1.29, 1.82) is 0 Å². The van der Waals surface area contributed by atoms with Crippen molar-refractivity contribution in [3.8, 4) is 11.5 Å². The van der Waals surface area contributed by atoms with Crippen molar-refractivity contribution < 1.29 is 14.3 Å². The van der Waals surface area contributed by atoms with Gasteiger partial charge in [0.25, 0.3) is 0 Å². The minimum Gasteiger partial charge on any atom is -0.454 e. The van der Waals surface area contributed by atoms with Gasteiger partial charge in [0, 0.05) is 24.8 Å². The number of fused-ring (bicyclic) bond motifs is 1. The van der Waals surface area contributed by atoms with Crippen LogP contribution in [0.5, 0.6) is 11.5 Å². The highest BCUT2D eigenvalue weighted by Gasteiger charge is 2.25. The minimum absolute atomic E-state index is 0.0410. The predicted octanol–water partition coefficient (Wildman–Crippen LogP) is 4.20. The average molecular weight is 344 g/mol. The summed E-state index contributed by atoms with van der Waals surface area (Å²) >= 11 is 1.74. The number of carbonyl (C=O) groups excluding carboxylic acids is 1. The molecule has 0 spiro atoms. The lowest BCUT2D eigenvalue weighted by atomic mass is 9.91. The molecule has 1 aromatic heterocycles. The maximum absolute atomic E-state index is 12.6. The minimum atomic E-state index is -0.0410. The van der Waals surface area contributed by atoms with Gasteiger partial charge in [-0.3, -0.25) is 0 Å². The highest BCUT2D eigenvalue weighted by atomic mass is 32.1. The van der Waals surface area contributed by atoms with Crippen molar-refractivity contribution in [3.63, 3.8) is 0 Å². The summed E-state index contributed by atoms with van der Waals surface area (Å²) in [4.78, 5) is 14.5. The van der Waals surface area contributed by atoms with Crippen molar-refractivity contribution in [2.24, 2.45) is 0 Å². The third-order valence-electron chi connectivity index (χ3n) is 4.76. The number of urea groups is 1. The summed E-state index contributed by atoms with van der Waals surface area (Å²) < 4.78 is 10.7. The Kier molecular flexibility index (Phi) is 4.06. The van der Waals surface area contributed by atoms with Crippen LogP contribution in [0.2, 0.25) is 0 Å². The second-order valence-corrected chi connectivity index (χ2v) is 7.05. The maximum atomic E-state index is 12.6. The quantitative estimate of drug-likeness (QED) is 0.888. The third-order valence-corrected chi connectivity index (χ3v) is 5.46. The number of carbonyl (C=O) groups is 1. The van der Waals surface area contributed by atoms with Gasteiger partial charge in [-0.2, -0.15) is 11.3 Å². The Bertz CT molecular complexity index is 737. The SMILES string of the molecule is Cc1cc2c(cc1NC(=O)N1CCC(c3ccsc3)CC1)OCO2. The molecule has 0 bridgehead atoms. The van der Waals surface area contributed by atoms with E-state index < -0.39 is 0 Å². The van der Waals surface area contributed by atoms with Crippen LogP contribution in [0.1, 0.15) is 29.9 Å². The molecule has 2 aliphatic heterocycles. The molecule has 3 heterocycles. The largest absolute Gasteiger partial charge is 0.454 e. The van der Waals surface area contributed by atoms with Gasteiger partial charge < -0.3 is 19.7 Å². The van der Waals surface area contributed by atoms with Gasteiger partial charge in [-0.15, -0.1) is 0 Å². The Labute approximate surface area is 145 Å². The van der Waals surface area contributed by atoms with E-state index in [0.717, 1.165) is 42.9 Å². The summed E-state index contributed by atoms with van der Waals surface area (Å²) in [6.07, 6.45) is 2.04. The summed E-state index contributed by atoms with van der Waals surface area (Å²) in [7, 11) is 0. The summed E-state index contributed by atoms with van der Waals surface area (Å²) in [5.41, 5.74) is 3.16. The number of aryl methyl sites for hydroxylation is 1. The lowest BCUT2D eigenvalue weighted by Gasteiger charge is -2.32. The van der Waals surface area contributed by atoms with Crippen molar-refractivity contribution in [1.82, 2.24) is 4.90 Å². The van der Waals surface area contributed by atoms with Gasteiger partial charge in [0.05, 0.1) is 0 Å². The summed E-state index contributed by atoms with van der Waals surface area (Å²) in [6, 6.07) is 5.90. The second-order valence-electron chi connectivity index (χ2n) is 6.27. The molecule has 1 fully saturated rings. The number of hydrogen-bond donors (Lipinski definition) is 1. The van der Waals surface area contributed by atoms with Gasteiger partial charge in [-0.1, -0.05) is 0 Å². The van der Waals surface area contributed by atoms with Crippen LogP contribution < -0.4 is 14.8 Å². The van der Waals surface area contributed by atoms with Crippen LogP contribution in [0.15, 0.2) is 29.0 Å². The Hall–Kier alpha value is -2.21. The van der Waals surface area contributed by atoms with Crippen molar-refractivity contribution >= 4 is 23.1 Å². The molecular weight excluding hydrogens is 324 g/mol. The number of amides is 2. The molecule has 0 unspecified atom stereocenters. The summed E-state index contributed by atoms with van der Waals surface area (Å²) in [5, 5.41) is 7.35. The number of benzene rings is 1. The monoisotopic (exact) mass is 344 g/mol. The van der Waals surface area contributed by atoms with Crippen LogP contribution in [0.4, 0.5) is 10.5 Å². The zero-order chi connectivity index (χ0) is 16.5. The Balaban J connectivity index is 1.39. The molecule has 1 saturated heterocycles. The Morgan fingerprint density at radius 1 is 1.25 bits per heavy atom. The standard InChI is InChI=1S/C18H20N2O3S/c1-12-8-16-17(23-11-22-16)9-15(12)19-18(21)20-5-2-13(3-6-20)14-4-7-24-10-14/h4,7-10,13H,2-3,5-6,11H2,1H3,(H,19,21). The molecule has 4 rings (SSSR count). The zero-order valence-electron chi connectivity index (χ0n) is 13.6. The molecular formula is C18H20N2O3S. The van der Waals surface area contributed by atoms with E-state index in [9.17, 15) is 4.79 Å². The first kappa shape index (κ1) is 15.3. The molecule has 24 heavy (non-hydrogen) atoms. The number of anilines is 1. The lowest BCUT2D eigenvalue weighted by molar-refractivity contribution is 0.174. The fraction of sp³-hybridized carbons (Fsp3) is 0.389. The number of piperidine rings is 1. The topological polar surface area (TPSA) is 50.8 Å². The first-order valence-corrected chi connectivity index (χ1v) is 9.13. The molecule has 2 aromatic rings. The maximum Gasteiger partial charge on any atom is 0.321 e. The fourth-order valence-electron chi connectivity index (χ4n) is 3.30. The van der Waals surface area contributed by atoms with E-state index in [1.165, 1.54) is 5.56 Å². The number of nitrogens with zero attached hydrogens (tertiary/aromatic N) is 1. The van der Waals surface area contributed by atoms with E-state index in [-0.39, 0.29) is 12.8 Å². The zero-order valence-corrected chi connectivity index (χ0v) is 14.4. The Morgan fingerprint density at radius 2 is 2.00 bits per heavy atom. The third kappa shape index (κ3) is 2.94. The van der Waals surface area contributed by atoms with E-state index in [2.05, 4.69) is 22.1 Å². The molecule has 0 atom stereocenters. The van der Waals surface area contributed by atoms with E-state index in [4.69, 9.17) is 9.47 Å². The van der Waals surface area contributed by atoms with Crippen LogP contribution in [0.3, 0.4) is 0 Å². The van der Waals surface area contributed by atoms with Gasteiger partial charge >= 0.3 is 6.03 Å². The first-order valence-electron chi connectivity index (χ1n) is 8.19. The fourth-order valence-corrected chi connectivity index (χ4v) is 4.04. The van der Waals surface area contributed by atoms with Gasteiger partial charge in [0.1, 0.15) is 0 Å². The van der Waals surface area contributed by atoms with Crippen molar-refractivity contribution in [2.75, 3.05) is 25.2 Å². The van der Waals surface area contributed by atoms with E-state index >= 15 is 0 Å². The number of thiophene rings is 1. The van der Waals surface area contributed by atoms with E-state index in [0.29, 0.717) is 11.7 Å². The Morgan fingerprint density at radius 3 is 2.71 bits per heavy atom. The number of nitrogens with one attached hydrogen (secondary N) is 1. The number of ether oxygens (including phenoxy) is 2. The lowest BCUT2D eigenvalue weighted by Crippen LogP contribution is -2.40. The van der Waals surface area contributed by atoms with Crippen LogP contribution in [-0.4, -0.2) is 30.8 Å². The van der Waals surface area contributed by atoms with Crippen molar-refractivity contribution in [2.45, 2.75) is 25.7 Å². The summed E-state index contributed by atoms with van der Waals surface area (Å²) in [6.45, 7) is 3.77. The van der Waals surface area contributed by atoms with Crippen LogP contribution >= 0.6 is 11.3 Å². The number of rotatable bonds is 2. The molecule has 2 aliphatic rings. The van der Waals surface area contributed by atoms with Crippen LogP contribution in [0, 0.1) is 6.92 Å². The predicted molar refractivity (Wildman–Crippen MR) is 94.2 cm³/mol. The molecule has 126 valence electrons. The van der Waals surface area contributed by atoms with Crippen LogP contribution in [0.25, 0.3) is 0 Å². The molecule has 0 aliphatic carbocycles. The van der Waals surface area contributed by atoms with Gasteiger partial charge in [-0.05, 0) is 59.7 Å². The molecule has 0 radical (unpaired) electrons. The molecule has 0 saturated carbocycles. The van der Waals surface area contributed by atoms with Crippen LogP contribution in [-0.2, 0) is 0 Å². The number of likely N-dealkylation sites (tertiary alicyclic amines) is 1. The smallest absolute Gasteiger partial charge is 0.321 e. The summed E-state index contributed by atoms with van der Waals surface area (Å²) in [5.74, 6) is 2.00. The van der Waals surface area contributed by atoms with E-state index in [1.54, 1.807) is 11.3 Å². The normalized spacial score (nSPS) is 17.1. The van der Waals surface area contributed by atoms with E-state index in [1.807, 2.05) is 24.0 Å². The highest BCUT2D eigenvalue weighted by Crippen LogP contribution is 2.37. The van der Waals surface area contributed by atoms with Gasteiger partial charge in [0.2, 0.25) is 6.79 Å². The van der Waals surface area contributed by atoms with Gasteiger partial charge in [-0.25, -0.2) is 4.79 Å². The molecule has 1 N–H and O–H groups in total. The molecule has 1 aromatic carbocycles. The highest BCUT2D eigenvalue weighted by molar-refractivity contribution is 7.07. The number of hydrogen-bond acceptors (Lipinski definition) is 4. The molecule has 2 amide bonds. The molecule has 6 heteroatoms. The first-order chi connectivity index (χ1) is 11.7. The second kappa shape index (κ2) is 6.36. The average Bonchev–Trinajstić information content (AvgIpc) is 3.26.